The predicted molar refractivity (Wildman–Crippen MR) is 142 cm³/mol. The van der Waals surface area contributed by atoms with Gasteiger partial charge in [-0.1, -0.05) is 27.7 Å². The fourth-order valence-corrected chi connectivity index (χ4v) is 49.3. The Morgan fingerprint density at radius 3 is 0.694 bits per heavy atom. The van der Waals surface area contributed by atoms with Crippen LogP contribution < -0.4 is 0 Å². The van der Waals surface area contributed by atoms with Crippen LogP contribution in [-0.4, -0.2) is 70.4 Å². The standard InChI is InChI=1S/C16H32O12Si8/c1-9-29-17-30(10-2)20-33(13-5)22-31(11-3,18-29)24-35(15-7)25-32(12-4,19-29)23-34(14-6,21-30)27-36(16-8,26-33)28-35/h9-11,13H,1-3,5,12,14-16H2,4,6-8H3. The van der Waals surface area contributed by atoms with Crippen LogP contribution in [0.4, 0.5) is 0 Å². The summed E-state index contributed by atoms with van der Waals surface area (Å²) in [5.41, 5.74) is 5.90. The van der Waals surface area contributed by atoms with Crippen molar-refractivity contribution in [3.63, 3.8) is 0 Å². The monoisotopic (exact) mass is 640 g/mol. The van der Waals surface area contributed by atoms with Crippen molar-refractivity contribution in [2.45, 2.75) is 51.9 Å². The molecule has 200 valence electrons. The molecule has 8 bridgehead atoms. The first-order chi connectivity index (χ1) is 17.0. The molecule has 6 heterocycles. The molecule has 0 aromatic heterocycles. The number of hydrogen-bond acceptors (Lipinski definition) is 12. The number of hydrogen-bond donors (Lipinski definition) is 0. The zero-order valence-corrected chi connectivity index (χ0v) is 28.9. The minimum absolute atomic E-state index is 0.352. The molecule has 0 atom stereocenters. The molecule has 20 heteroatoms. The summed E-state index contributed by atoms with van der Waals surface area (Å²) in [6.45, 7) is 23.5. The maximum Gasteiger partial charge on any atom is 0.507 e. The summed E-state index contributed by atoms with van der Waals surface area (Å²) in [4.78, 5) is 0. The van der Waals surface area contributed by atoms with Gasteiger partial charge in [0.2, 0.25) is 0 Å². The van der Waals surface area contributed by atoms with Crippen LogP contribution in [0, 0.1) is 0 Å². The molecule has 0 amide bonds. The van der Waals surface area contributed by atoms with Gasteiger partial charge in [0.1, 0.15) is 0 Å². The van der Waals surface area contributed by atoms with E-state index in [0.29, 0.717) is 24.2 Å². The lowest BCUT2D eigenvalue weighted by Gasteiger charge is -2.61. The van der Waals surface area contributed by atoms with Crippen LogP contribution >= 0.6 is 0 Å². The normalized spacial score (nSPS) is 53.4. The molecule has 6 fully saturated rings. The van der Waals surface area contributed by atoms with Crippen molar-refractivity contribution < 1.29 is 49.4 Å². The van der Waals surface area contributed by atoms with Gasteiger partial charge < -0.3 is 49.4 Å². The lowest BCUT2D eigenvalue weighted by Crippen LogP contribution is -2.87. The van der Waals surface area contributed by atoms with Crippen molar-refractivity contribution in [1.82, 2.24) is 0 Å². The van der Waals surface area contributed by atoms with Crippen LogP contribution in [0.2, 0.25) is 24.2 Å². The summed E-state index contributed by atoms with van der Waals surface area (Å²) in [6.07, 6.45) is 0. The molecule has 36 heavy (non-hydrogen) atoms. The van der Waals surface area contributed by atoms with E-state index in [1.807, 2.05) is 27.7 Å². The van der Waals surface area contributed by atoms with E-state index < -0.39 is 70.4 Å². The van der Waals surface area contributed by atoms with E-state index in [0.717, 1.165) is 0 Å². The SMILES string of the molecule is C=C[Si]12O[Si]3(C=C)O[Si]4(C=C)O[Si](C=C)(O1)O[Si]1(CC)O[Si](CC)(O2)O[Si](CC)(O3)O[Si](CC)(O4)O1. The van der Waals surface area contributed by atoms with E-state index in [2.05, 4.69) is 26.3 Å². The molecule has 6 saturated heterocycles. The van der Waals surface area contributed by atoms with Crippen LogP contribution in [0.5, 0.6) is 0 Å². The molecule has 0 N–H and O–H groups in total. The lowest BCUT2D eigenvalue weighted by molar-refractivity contribution is -0.0176. The Morgan fingerprint density at radius 2 is 0.556 bits per heavy atom. The zero-order valence-electron chi connectivity index (χ0n) is 20.9. The smallest absolute Gasteiger partial charge is 0.373 e. The summed E-state index contributed by atoms with van der Waals surface area (Å²) in [7, 11) is -30.5. The molecule has 6 aliphatic heterocycles. The Bertz CT molecular complexity index is 813. The molecule has 12 nitrogen and oxygen atoms in total. The molecule has 6 aliphatic rings. The third kappa shape index (κ3) is 4.08. The van der Waals surface area contributed by atoms with Gasteiger partial charge >= 0.3 is 70.4 Å². The summed E-state index contributed by atoms with van der Waals surface area (Å²) < 4.78 is 81.2. The molecule has 0 aromatic carbocycles. The van der Waals surface area contributed by atoms with E-state index in [4.69, 9.17) is 49.4 Å². The quantitative estimate of drug-likeness (QED) is 0.364. The van der Waals surface area contributed by atoms with E-state index in [-0.39, 0.29) is 0 Å². The average molecular weight is 641 g/mol. The summed E-state index contributed by atoms with van der Waals surface area (Å²) in [5, 5.41) is 0. The van der Waals surface area contributed by atoms with E-state index >= 15 is 0 Å². The van der Waals surface area contributed by atoms with E-state index in [1.165, 1.54) is 22.8 Å². The Balaban J connectivity index is 1.90. The highest BCUT2D eigenvalue weighted by molar-refractivity contribution is 7.05. The van der Waals surface area contributed by atoms with Gasteiger partial charge in [-0.25, -0.2) is 0 Å². The van der Waals surface area contributed by atoms with Crippen LogP contribution in [0.3, 0.4) is 0 Å². The van der Waals surface area contributed by atoms with Gasteiger partial charge in [0.05, 0.1) is 0 Å². The summed E-state index contributed by atoms with van der Waals surface area (Å²) in [6, 6.07) is 1.41. The molecular formula is C16H32O12Si8. The molecule has 0 unspecified atom stereocenters. The van der Waals surface area contributed by atoms with Crippen LogP contribution in [0.15, 0.2) is 49.1 Å². The second kappa shape index (κ2) is 8.86. The van der Waals surface area contributed by atoms with Gasteiger partial charge in [-0.2, -0.15) is 0 Å². The molecule has 6 rings (SSSR count). The van der Waals surface area contributed by atoms with Crippen LogP contribution in [-0.2, 0) is 49.4 Å². The van der Waals surface area contributed by atoms with Crippen molar-refractivity contribution in [1.29, 1.82) is 0 Å². The highest BCUT2D eigenvalue weighted by atomic mass is 28.6. The average Bonchev–Trinajstić information content (AvgIpc) is 2.82. The third-order valence-electron chi connectivity index (χ3n) is 6.31. The predicted octanol–water partition coefficient (Wildman–Crippen LogP) is 2.75. The second-order valence-electron chi connectivity index (χ2n) is 8.60. The van der Waals surface area contributed by atoms with Gasteiger partial charge in [-0.15, -0.1) is 26.3 Å². The molecular weight excluding hydrogens is 609 g/mol. The first-order valence-electron chi connectivity index (χ1n) is 11.9. The first kappa shape index (κ1) is 27.8. The maximum atomic E-state index is 6.86. The Kier molecular flexibility index (Phi) is 6.83. The molecule has 0 aromatic rings. The highest BCUT2D eigenvalue weighted by Crippen LogP contribution is 2.51. The maximum absolute atomic E-state index is 6.86. The summed E-state index contributed by atoms with van der Waals surface area (Å²) >= 11 is 0. The van der Waals surface area contributed by atoms with Gasteiger partial charge in [-0.05, 0) is 22.8 Å². The fourth-order valence-electron chi connectivity index (χ4n) is 4.47. The minimum atomic E-state index is -3.94. The molecule has 0 radical (unpaired) electrons. The second-order valence-corrected chi connectivity index (χ2v) is 33.2. The fraction of sp³-hybridized carbons (Fsp3) is 0.500. The molecule has 0 spiro atoms. The Labute approximate surface area is 220 Å². The largest absolute Gasteiger partial charge is 0.507 e. The van der Waals surface area contributed by atoms with E-state index in [1.54, 1.807) is 0 Å². The third-order valence-corrected chi connectivity index (χ3v) is 40.4. The molecule has 0 saturated carbocycles. The lowest BCUT2D eigenvalue weighted by atomic mass is 11.0. The highest BCUT2D eigenvalue weighted by Gasteiger charge is 2.81. The van der Waals surface area contributed by atoms with Crippen molar-refractivity contribution in [3.05, 3.63) is 49.1 Å². The van der Waals surface area contributed by atoms with Crippen LogP contribution in [0.1, 0.15) is 27.7 Å². The van der Waals surface area contributed by atoms with Gasteiger partial charge in [0, 0.05) is 24.2 Å². The summed E-state index contributed by atoms with van der Waals surface area (Å²) in [5.74, 6) is 0. The first-order valence-corrected chi connectivity index (χ1v) is 26.9. The molecule has 0 aliphatic carbocycles. The minimum Gasteiger partial charge on any atom is -0.373 e. The van der Waals surface area contributed by atoms with Crippen molar-refractivity contribution in [3.8, 4) is 0 Å². The van der Waals surface area contributed by atoms with E-state index in [9.17, 15) is 0 Å². The Morgan fingerprint density at radius 1 is 0.361 bits per heavy atom. The zero-order chi connectivity index (χ0) is 26.1. The van der Waals surface area contributed by atoms with Crippen LogP contribution in [0.25, 0.3) is 0 Å². The van der Waals surface area contributed by atoms with Crippen molar-refractivity contribution >= 4 is 70.4 Å². The van der Waals surface area contributed by atoms with Gasteiger partial charge in [0.15, 0.2) is 0 Å². The Hall–Kier alpha value is 0.215. The topological polar surface area (TPSA) is 111 Å². The number of rotatable bonds is 8. The van der Waals surface area contributed by atoms with Crippen molar-refractivity contribution in [2.75, 3.05) is 0 Å². The van der Waals surface area contributed by atoms with Crippen molar-refractivity contribution in [2.24, 2.45) is 0 Å². The van der Waals surface area contributed by atoms with Gasteiger partial charge in [-0.3, -0.25) is 0 Å². The van der Waals surface area contributed by atoms with Gasteiger partial charge in [0.25, 0.3) is 0 Å².